The summed E-state index contributed by atoms with van der Waals surface area (Å²) in [7, 11) is 1.92. The molecule has 1 aromatic rings. The van der Waals surface area contributed by atoms with E-state index in [9.17, 15) is 4.79 Å². The van der Waals surface area contributed by atoms with Crippen molar-refractivity contribution in [3.8, 4) is 0 Å². The number of hydrogen-bond donors (Lipinski definition) is 3. The van der Waals surface area contributed by atoms with E-state index >= 15 is 0 Å². The van der Waals surface area contributed by atoms with Gasteiger partial charge in [0.25, 0.3) is 0 Å². The van der Waals surface area contributed by atoms with Crippen LogP contribution < -0.4 is 10.6 Å². The summed E-state index contributed by atoms with van der Waals surface area (Å²) in [4.78, 5) is 11.5. The van der Waals surface area contributed by atoms with Gasteiger partial charge in [0.05, 0.1) is 18.8 Å². The van der Waals surface area contributed by atoms with Crippen LogP contribution in [0.15, 0.2) is 6.20 Å². The fraction of sp³-hybridized carbons (Fsp3) is 0.636. The lowest BCUT2D eigenvalue weighted by atomic mass is 9.93. The van der Waals surface area contributed by atoms with Crippen LogP contribution in [0.3, 0.4) is 0 Å². The zero-order valence-corrected chi connectivity index (χ0v) is 9.94. The number of aliphatic hydroxyl groups excluding tert-OH is 1. The first-order valence-corrected chi connectivity index (χ1v) is 5.88. The molecule has 6 heteroatoms. The summed E-state index contributed by atoms with van der Waals surface area (Å²) < 4.78 is 1.87. The Morgan fingerprint density at radius 2 is 2.53 bits per heavy atom. The first-order chi connectivity index (χ1) is 8.22. The molecule has 0 bridgehead atoms. The van der Waals surface area contributed by atoms with E-state index in [0.29, 0.717) is 0 Å². The van der Waals surface area contributed by atoms with Gasteiger partial charge < -0.3 is 15.7 Å². The Hall–Kier alpha value is -1.56. The number of nitrogens with one attached hydrogen (secondary N) is 2. The molecule has 2 rings (SSSR count). The minimum Gasteiger partial charge on any atom is -0.395 e. The lowest BCUT2D eigenvalue weighted by molar-refractivity contribution is 0.229. The normalized spacial score (nSPS) is 18.6. The second-order valence-corrected chi connectivity index (χ2v) is 4.24. The molecule has 17 heavy (non-hydrogen) atoms. The molecule has 1 heterocycles. The summed E-state index contributed by atoms with van der Waals surface area (Å²) in [6.07, 6.45) is 4.83. The Bertz CT molecular complexity index is 402. The maximum atomic E-state index is 11.5. The average molecular weight is 238 g/mol. The average Bonchev–Trinajstić information content (AvgIpc) is 2.70. The van der Waals surface area contributed by atoms with Crippen LogP contribution in [-0.2, 0) is 13.5 Å². The third-order valence-corrected chi connectivity index (χ3v) is 3.08. The number of fused-ring (bicyclic) bond motifs is 1. The van der Waals surface area contributed by atoms with E-state index in [1.165, 1.54) is 5.69 Å². The molecule has 0 radical (unpaired) electrons. The second-order valence-electron chi connectivity index (χ2n) is 4.24. The van der Waals surface area contributed by atoms with E-state index in [0.717, 1.165) is 24.8 Å². The number of rotatable bonds is 3. The maximum absolute atomic E-state index is 11.5. The second kappa shape index (κ2) is 5.18. The Kier molecular flexibility index (Phi) is 3.63. The van der Waals surface area contributed by atoms with Crippen molar-refractivity contribution < 1.29 is 9.90 Å². The number of aryl methyl sites for hydroxylation is 1. The van der Waals surface area contributed by atoms with Gasteiger partial charge in [-0.3, -0.25) is 4.68 Å². The van der Waals surface area contributed by atoms with Crippen LogP contribution in [0.2, 0.25) is 0 Å². The zero-order valence-electron chi connectivity index (χ0n) is 9.94. The maximum Gasteiger partial charge on any atom is 0.315 e. The number of nitrogens with zero attached hydrogens (tertiary/aromatic N) is 2. The summed E-state index contributed by atoms with van der Waals surface area (Å²) in [6, 6.07) is -0.202. The summed E-state index contributed by atoms with van der Waals surface area (Å²) in [6.45, 7) is 0.231. The molecule has 1 aliphatic carbocycles. The quantitative estimate of drug-likeness (QED) is 0.698. The molecule has 0 aliphatic heterocycles. The van der Waals surface area contributed by atoms with E-state index in [1.807, 2.05) is 17.9 Å². The van der Waals surface area contributed by atoms with Gasteiger partial charge in [-0.15, -0.1) is 0 Å². The summed E-state index contributed by atoms with van der Waals surface area (Å²) >= 11 is 0. The molecule has 0 saturated heterocycles. The number of carbonyl (C=O) groups is 1. The van der Waals surface area contributed by atoms with Crippen molar-refractivity contribution >= 4 is 6.03 Å². The molecule has 94 valence electrons. The molecule has 1 aromatic heterocycles. The van der Waals surface area contributed by atoms with E-state index in [1.54, 1.807) is 0 Å². The van der Waals surface area contributed by atoms with Crippen LogP contribution in [0, 0.1) is 0 Å². The Labute approximate surface area is 100 Å². The molecule has 1 atom stereocenters. The number of carbonyl (C=O) groups excluding carboxylic acids is 1. The number of urea groups is 1. The van der Waals surface area contributed by atoms with Crippen molar-refractivity contribution in [3.63, 3.8) is 0 Å². The van der Waals surface area contributed by atoms with Crippen LogP contribution in [0.25, 0.3) is 0 Å². The molecular weight excluding hydrogens is 220 g/mol. The highest BCUT2D eigenvalue weighted by Gasteiger charge is 2.24. The fourth-order valence-electron chi connectivity index (χ4n) is 2.23. The van der Waals surface area contributed by atoms with Crippen molar-refractivity contribution in [2.75, 3.05) is 13.2 Å². The lowest BCUT2D eigenvalue weighted by Crippen LogP contribution is -2.40. The van der Waals surface area contributed by atoms with Gasteiger partial charge in [0.1, 0.15) is 0 Å². The molecule has 0 spiro atoms. The lowest BCUT2D eigenvalue weighted by Gasteiger charge is -2.23. The first kappa shape index (κ1) is 11.9. The van der Waals surface area contributed by atoms with Gasteiger partial charge in [-0.25, -0.2) is 4.79 Å². The standard InChI is InChI=1S/C11H18N4O2/c1-15-10-4-2-3-9(8(10)7-13-15)14-11(17)12-5-6-16/h7,9,16H,2-6H2,1H3,(H2,12,14,17)/t9-/m0/s1. The van der Waals surface area contributed by atoms with Gasteiger partial charge in [-0.1, -0.05) is 0 Å². The van der Waals surface area contributed by atoms with Crippen molar-refractivity contribution in [2.24, 2.45) is 7.05 Å². The van der Waals surface area contributed by atoms with Gasteiger partial charge in [0.2, 0.25) is 0 Å². The Balaban J connectivity index is 2.01. The fourth-order valence-corrected chi connectivity index (χ4v) is 2.23. The number of hydrogen-bond acceptors (Lipinski definition) is 3. The molecule has 2 amide bonds. The summed E-state index contributed by atoms with van der Waals surface area (Å²) in [5, 5.41) is 18.3. The van der Waals surface area contributed by atoms with Crippen molar-refractivity contribution in [1.82, 2.24) is 20.4 Å². The zero-order chi connectivity index (χ0) is 12.3. The minimum atomic E-state index is -0.235. The van der Waals surface area contributed by atoms with E-state index in [4.69, 9.17) is 5.11 Å². The summed E-state index contributed by atoms with van der Waals surface area (Å²) in [5.74, 6) is 0. The molecule has 0 unspecified atom stereocenters. The molecule has 6 nitrogen and oxygen atoms in total. The molecule has 1 aliphatic rings. The van der Waals surface area contributed by atoms with Gasteiger partial charge in [0, 0.05) is 24.8 Å². The SMILES string of the molecule is Cn1ncc2c1CCC[C@@H]2NC(=O)NCCO. The largest absolute Gasteiger partial charge is 0.395 e. The van der Waals surface area contributed by atoms with Gasteiger partial charge in [0.15, 0.2) is 0 Å². The highest BCUT2D eigenvalue weighted by Crippen LogP contribution is 2.28. The minimum absolute atomic E-state index is 0.0335. The van der Waals surface area contributed by atoms with Crippen molar-refractivity contribution in [1.29, 1.82) is 0 Å². The van der Waals surface area contributed by atoms with E-state index in [2.05, 4.69) is 15.7 Å². The highest BCUT2D eigenvalue weighted by atomic mass is 16.3. The van der Waals surface area contributed by atoms with E-state index in [-0.39, 0.29) is 25.2 Å². The Morgan fingerprint density at radius 3 is 3.29 bits per heavy atom. The number of amides is 2. The number of aromatic nitrogens is 2. The smallest absolute Gasteiger partial charge is 0.315 e. The van der Waals surface area contributed by atoms with Gasteiger partial charge in [-0.05, 0) is 19.3 Å². The summed E-state index contributed by atoms with van der Waals surface area (Å²) in [5.41, 5.74) is 2.31. The van der Waals surface area contributed by atoms with Crippen LogP contribution in [-0.4, -0.2) is 34.1 Å². The Morgan fingerprint density at radius 1 is 1.71 bits per heavy atom. The van der Waals surface area contributed by atoms with Crippen LogP contribution in [0.4, 0.5) is 4.79 Å². The monoisotopic (exact) mass is 238 g/mol. The predicted molar refractivity (Wildman–Crippen MR) is 62.5 cm³/mol. The molecule has 3 N–H and O–H groups in total. The molecule has 0 fully saturated rings. The highest BCUT2D eigenvalue weighted by molar-refractivity contribution is 5.74. The van der Waals surface area contributed by atoms with Gasteiger partial charge in [-0.2, -0.15) is 5.10 Å². The van der Waals surface area contributed by atoms with Crippen molar-refractivity contribution in [3.05, 3.63) is 17.5 Å². The van der Waals surface area contributed by atoms with Crippen molar-refractivity contribution in [2.45, 2.75) is 25.3 Å². The van der Waals surface area contributed by atoms with Crippen LogP contribution >= 0.6 is 0 Å². The topological polar surface area (TPSA) is 79.2 Å². The molecular formula is C11H18N4O2. The van der Waals surface area contributed by atoms with Crippen LogP contribution in [0.5, 0.6) is 0 Å². The number of aliphatic hydroxyl groups is 1. The van der Waals surface area contributed by atoms with Crippen LogP contribution in [0.1, 0.15) is 30.1 Å². The first-order valence-electron chi connectivity index (χ1n) is 5.88. The third-order valence-electron chi connectivity index (χ3n) is 3.08. The molecule has 0 aromatic carbocycles. The molecule has 0 saturated carbocycles. The third kappa shape index (κ3) is 2.58. The van der Waals surface area contributed by atoms with E-state index < -0.39 is 0 Å². The predicted octanol–water partition coefficient (Wildman–Crippen LogP) is 0.0890. The van der Waals surface area contributed by atoms with Gasteiger partial charge >= 0.3 is 6.03 Å².